The second kappa shape index (κ2) is 5.64. The van der Waals surface area contributed by atoms with Gasteiger partial charge in [-0.25, -0.2) is 0 Å². The monoisotopic (exact) mass is 261 g/mol. The zero-order valence-electron chi connectivity index (χ0n) is 12.7. The first-order chi connectivity index (χ1) is 8.98. The lowest BCUT2D eigenvalue weighted by molar-refractivity contribution is -0.152. The highest BCUT2D eigenvalue weighted by Crippen LogP contribution is 2.37. The molecule has 0 amide bonds. The van der Waals surface area contributed by atoms with E-state index in [4.69, 9.17) is 4.74 Å². The summed E-state index contributed by atoms with van der Waals surface area (Å²) in [5, 5.41) is 3.62. The third-order valence-electron chi connectivity index (χ3n) is 4.41. The number of rotatable bonds is 5. The maximum Gasteiger partial charge on any atom is 0.106 e. The van der Waals surface area contributed by atoms with E-state index in [1.54, 1.807) is 0 Å². The van der Waals surface area contributed by atoms with Gasteiger partial charge in [-0.3, -0.25) is 0 Å². The van der Waals surface area contributed by atoms with Crippen molar-refractivity contribution >= 4 is 0 Å². The summed E-state index contributed by atoms with van der Waals surface area (Å²) in [6.45, 7) is 9.89. The third kappa shape index (κ3) is 3.18. The fourth-order valence-electron chi connectivity index (χ4n) is 2.90. The molecule has 0 aliphatic carbocycles. The Labute approximate surface area is 117 Å². The van der Waals surface area contributed by atoms with Gasteiger partial charge in [0.2, 0.25) is 0 Å². The van der Waals surface area contributed by atoms with Crippen molar-refractivity contribution in [3.8, 4) is 0 Å². The van der Waals surface area contributed by atoms with Gasteiger partial charge in [0.05, 0.1) is 5.60 Å². The molecule has 0 radical (unpaired) electrons. The van der Waals surface area contributed by atoms with Gasteiger partial charge in [-0.05, 0) is 52.1 Å². The van der Waals surface area contributed by atoms with Crippen LogP contribution in [0.3, 0.4) is 0 Å². The molecule has 1 aromatic rings. The van der Waals surface area contributed by atoms with Crippen LogP contribution in [0.5, 0.6) is 0 Å². The van der Waals surface area contributed by atoms with Gasteiger partial charge in [0.25, 0.3) is 0 Å². The Bertz CT molecular complexity index is 395. The minimum atomic E-state index is -0.253. The Kier molecular flexibility index (Phi) is 4.32. The molecule has 2 atom stereocenters. The Balaban J connectivity index is 2.32. The molecule has 2 heteroatoms. The van der Waals surface area contributed by atoms with Gasteiger partial charge in [0, 0.05) is 6.04 Å². The van der Waals surface area contributed by atoms with Crippen molar-refractivity contribution in [1.82, 2.24) is 5.32 Å². The first-order valence-electron chi connectivity index (χ1n) is 7.47. The van der Waals surface area contributed by atoms with Crippen molar-refractivity contribution in [3.05, 3.63) is 35.9 Å². The van der Waals surface area contributed by atoms with Crippen LogP contribution in [0.4, 0.5) is 0 Å². The molecule has 1 fully saturated rings. The molecule has 106 valence electrons. The first-order valence-corrected chi connectivity index (χ1v) is 7.47. The summed E-state index contributed by atoms with van der Waals surface area (Å²) in [6.07, 6.45) is 3.44. The summed E-state index contributed by atoms with van der Waals surface area (Å²) in [7, 11) is 0. The zero-order valence-corrected chi connectivity index (χ0v) is 12.7. The molecule has 0 saturated carbocycles. The summed E-state index contributed by atoms with van der Waals surface area (Å²) in [5.41, 5.74) is 0.919. The molecule has 0 spiro atoms. The average molecular weight is 261 g/mol. The fourth-order valence-corrected chi connectivity index (χ4v) is 2.90. The Morgan fingerprint density at radius 1 is 1.21 bits per heavy atom. The molecule has 1 saturated heterocycles. The van der Waals surface area contributed by atoms with Crippen molar-refractivity contribution < 1.29 is 4.74 Å². The van der Waals surface area contributed by atoms with Crippen LogP contribution < -0.4 is 5.32 Å². The molecule has 2 nitrogen and oxygen atoms in total. The molecule has 2 rings (SSSR count). The highest BCUT2D eigenvalue weighted by molar-refractivity contribution is 5.25. The van der Waals surface area contributed by atoms with Crippen LogP contribution in [0, 0.1) is 0 Å². The predicted octanol–water partition coefficient (Wildman–Crippen LogP) is 3.86. The SMILES string of the molecule is CCC(C)(C)O[C@](C)(c1ccccc1)[C@@H]1CCCN1. The summed E-state index contributed by atoms with van der Waals surface area (Å²) in [5.74, 6) is 0. The van der Waals surface area contributed by atoms with E-state index in [9.17, 15) is 0 Å². The van der Waals surface area contributed by atoms with E-state index < -0.39 is 0 Å². The van der Waals surface area contributed by atoms with Crippen LogP contribution in [0.15, 0.2) is 30.3 Å². The molecule has 1 aliphatic heterocycles. The second-order valence-electron chi connectivity index (χ2n) is 6.34. The van der Waals surface area contributed by atoms with Gasteiger partial charge in [-0.1, -0.05) is 37.3 Å². The van der Waals surface area contributed by atoms with E-state index in [0.717, 1.165) is 13.0 Å². The van der Waals surface area contributed by atoms with E-state index in [2.05, 4.69) is 63.3 Å². The van der Waals surface area contributed by atoms with Gasteiger partial charge in [-0.15, -0.1) is 0 Å². The lowest BCUT2D eigenvalue weighted by Gasteiger charge is -2.42. The standard InChI is InChI=1S/C17H27NO/c1-5-16(2,3)19-17(4,15-12-9-13-18-15)14-10-7-6-8-11-14/h6-8,10-11,15,18H,5,9,12-13H2,1-4H3/t15-,17+/m0/s1. The van der Waals surface area contributed by atoms with E-state index in [0.29, 0.717) is 6.04 Å². The molecule has 1 N–H and O–H groups in total. The minimum absolute atomic E-state index is 0.102. The van der Waals surface area contributed by atoms with Crippen molar-refractivity contribution in [2.24, 2.45) is 0 Å². The maximum atomic E-state index is 6.58. The van der Waals surface area contributed by atoms with Crippen LogP contribution >= 0.6 is 0 Å². The number of hydrogen-bond donors (Lipinski definition) is 1. The van der Waals surface area contributed by atoms with Crippen LogP contribution in [0.25, 0.3) is 0 Å². The van der Waals surface area contributed by atoms with Crippen molar-refractivity contribution in [3.63, 3.8) is 0 Å². The quantitative estimate of drug-likeness (QED) is 0.869. The number of ether oxygens (including phenoxy) is 1. The van der Waals surface area contributed by atoms with Crippen LogP contribution in [-0.4, -0.2) is 18.2 Å². The van der Waals surface area contributed by atoms with E-state index in [1.165, 1.54) is 18.4 Å². The molecule has 1 heterocycles. The van der Waals surface area contributed by atoms with Crippen LogP contribution in [0.1, 0.15) is 52.5 Å². The average Bonchev–Trinajstić information content (AvgIpc) is 2.94. The highest BCUT2D eigenvalue weighted by Gasteiger charge is 2.41. The molecule has 19 heavy (non-hydrogen) atoms. The third-order valence-corrected chi connectivity index (χ3v) is 4.41. The number of hydrogen-bond acceptors (Lipinski definition) is 2. The second-order valence-corrected chi connectivity index (χ2v) is 6.34. The maximum absolute atomic E-state index is 6.58. The molecular formula is C17H27NO. The van der Waals surface area contributed by atoms with Crippen molar-refractivity contribution in [1.29, 1.82) is 0 Å². The lowest BCUT2D eigenvalue weighted by atomic mass is 9.85. The normalized spacial score (nSPS) is 23.3. The van der Waals surface area contributed by atoms with Gasteiger partial charge in [0.1, 0.15) is 5.60 Å². The first kappa shape index (κ1) is 14.5. The topological polar surface area (TPSA) is 21.3 Å². The fraction of sp³-hybridized carbons (Fsp3) is 0.647. The molecule has 1 aliphatic rings. The van der Waals surface area contributed by atoms with Crippen LogP contribution in [0.2, 0.25) is 0 Å². The largest absolute Gasteiger partial charge is 0.363 e. The van der Waals surface area contributed by atoms with Crippen molar-refractivity contribution in [2.45, 2.75) is 64.2 Å². The van der Waals surface area contributed by atoms with Gasteiger partial charge in [-0.2, -0.15) is 0 Å². The molecule has 1 aromatic carbocycles. The smallest absolute Gasteiger partial charge is 0.106 e. The zero-order chi connectivity index (χ0) is 13.9. The lowest BCUT2D eigenvalue weighted by Crippen LogP contribution is -2.49. The highest BCUT2D eigenvalue weighted by atomic mass is 16.5. The molecule has 0 bridgehead atoms. The van der Waals surface area contributed by atoms with Crippen LogP contribution in [-0.2, 0) is 10.3 Å². The van der Waals surface area contributed by atoms with E-state index in [1.807, 2.05) is 0 Å². The van der Waals surface area contributed by atoms with Gasteiger partial charge >= 0.3 is 0 Å². The summed E-state index contributed by atoms with van der Waals surface area (Å²) in [4.78, 5) is 0. The minimum Gasteiger partial charge on any atom is -0.363 e. The summed E-state index contributed by atoms with van der Waals surface area (Å²) < 4.78 is 6.58. The Morgan fingerprint density at radius 3 is 2.42 bits per heavy atom. The van der Waals surface area contributed by atoms with E-state index >= 15 is 0 Å². The molecule has 0 aromatic heterocycles. The summed E-state index contributed by atoms with van der Waals surface area (Å²) in [6, 6.07) is 11.0. The molecular weight excluding hydrogens is 234 g/mol. The van der Waals surface area contributed by atoms with Gasteiger partial charge in [0.15, 0.2) is 0 Å². The summed E-state index contributed by atoms with van der Waals surface area (Å²) >= 11 is 0. The van der Waals surface area contributed by atoms with Crippen molar-refractivity contribution in [2.75, 3.05) is 6.54 Å². The van der Waals surface area contributed by atoms with E-state index in [-0.39, 0.29) is 11.2 Å². The Morgan fingerprint density at radius 2 is 1.89 bits per heavy atom. The number of nitrogens with one attached hydrogen (secondary N) is 1. The number of benzene rings is 1. The molecule has 0 unspecified atom stereocenters. The Hall–Kier alpha value is -0.860. The van der Waals surface area contributed by atoms with Gasteiger partial charge < -0.3 is 10.1 Å². The predicted molar refractivity (Wildman–Crippen MR) is 80.3 cm³/mol.